The van der Waals surface area contributed by atoms with Crippen LogP contribution in [0.5, 0.6) is 0 Å². The number of carbonyl (C=O) groups is 2. The van der Waals surface area contributed by atoms with Crippen LogP contribution in [0.3, 0.4) is 0 Å². The van der Waals surface area contributed by atoms with Gasteiger partial charge in [0, 0.05) is 22.5 Å². The van der Waals surface area contributed by atoms with Gasteiger partial charge in [0.1, 0.15) is 0 Å². The van der Waals surface area contributed by atoms with E-state index in [-0.39, 0.29) is 5.91 Å². The Kier molecular flexibility index (Phi) is 3.47. The summed E-state index contributed by atoms with van der Waals surface area (Å²) >= 11 is 0. The van der Waals surface area contributed by atoms with Gasteiger partial charge >= 0.3 is 0 Å². The first kappa shape index (κ1) is 12.6. The Morgan fingerprint density at radius 3 is 1.89 bits per heavy atom. The van der Waals surface area contributed by atoms with Gasteiger partial charge in [-0.2, -0.15) is 0 Å². The van der Waals surface area contributed by atoms with Crippen molar-refractivity contribution >= 4 is 23.2 Å². The lowest BCUT2D eigenvalue weighted by Crippen LogP contribution is -2.14. The van der Waals surface area contributed by atoms with Crippen LogP contribution < -0.4 is 16.8 Å². The number of nitrogens with one attached hydrogen (secondary N) is 1. The molecule has 0 aliphatic rings. The first-order valence-corrected chi connectivity index (χ1v) is 5.63. The number of anilines is 2. The SMILES string of the molecule is NC(=O)c1ccc(C(=O)Nc2ccc(N)cc2)cc1. The highest BCUT2D eigenvalue weighted by Gasteiger charge is 2.07. The normalized spacial score (nSPS) is 9.89. The van der Waals surface area contributed by atoms with Crippen molar-refractivity contribution in [1.29, 1.82) is 0 Å². The highest BCUT2D eigenvalue weighted by molar-refractivity contribution is 6.05. The molecule has 2 aromatic rings. The van der Waals surface area contributed by atoms with Crippen molar-refractivity contribution in [1.82, 2.24) is 0 Å². The standard InChI is InChI=1S/C14H13N3O2/c15-11-5-7-12(8-6-11)17-14(19)10-3-1-9(2-4-10)13(16)18/h1-8H,15H2,(H2,16,18)(H,17,19). The molecule has 0 aromatic heterocycles. The molecule has 5 heteroatoms. The molecule has 0 aliphatic carbocycles. The molecule has 0 aliphatic heterocycles. The Balaban J connectivity index is 2.11. The summed E-state index contributed by atoms with van der Waals surface area (Å²) in [5, 5.41) is 2.72. The lowest BCUT2D eigenvalue weighted by Gasteiger charge is -2.06. The molecule has 96 valence electrons. The monoisotopic (exact) mass is 255 g/mol. The summed E-state index contributed by atoms with van der Waals surface area (Å²) in [6.45, 7) is 0. The summed E-state index contributed by atoms with van der Waals surface area (Å²) in [5.74, 6) is -0.786. The smallest absolute Gasteiger partial charge is 0.255 e. The van der Waals surface area contributed by atoms with Crippen LogP contribution >= 0.6 is 0 Å². The van der Waals surface area contributed by atoms with Crippen LogP contribution in [0.4, 0.5) is 11.4 Å². The van der Waals surface area contributed by atoms with E-state index in [1.165, 1.54) is 12.1 Å². The quantitative estimate of drug-likeness (QED) is 0.727. The van der Waals surface area contributed by atoms with E-state index < -0.39 is 5.91 Å². The number of amides is 2. The van der Waals surface area contributed by atoms with E-state index in [2.05, 4.69) is 5.32 Å². The lowest BCUT2D eigenvalue weighted by atomic mass is 10.1. The zero-order valence-electron chi connectivity index (χ0n) is 10.1. The molecule has 5 N–H and O–H groups in total. The molecular weight excluding hydrogens is 242 g/mol. The molecule has 0 bridgehead atoms. The van der Waals surface area contributed by atoms with Crippen molar-refractivity contribution in [3.05, 3.63) is 59.7 Å². The highest BCUT2D eigenvalue weighted by Crippen LogP contribution is 2.12. The number of benzene rings is 2. The summed E-state index contributed by atoms with van der Waals surface area (Å²) in [6.07, 6.45) is 0. The molecule has 0 radical (unpaired) electrons. The van der Waals surface area contributed by atoms with E-state index in [0.717, 1.165) is 0 Å². The Morgan fingerprint density at radius 2 is 1.37 bits per heavy atom. The molecule has 2 rings (SSSR count). The van der Waals surface area contributed by atoms with E-state index in [9.17, 15) is 9.59 Å². The fourth-order valence-corrected chi connectivity index (χ4v) is 1.56. The molecule has 0 unspecified atom stereocenters. The van der Waals surface area contributed by atoms with Crippen molar-refractivity contribution < 1.29 is 9.59 Å². The number of rotatable bonds is 3. The maximum atomic E-state index is 11.9. The van der Waals surface area contributed by atoms with Crippen LogP contribution in [0.25, 0.3) is 0 Å². The number of carbonyl (C=O) groups excluding carboxylic acids is 2. The summed E-state index contributed by atoms with van der Waals surface area (Å²) in [6, 6.07) is 13.0. The van der Waals surface area contributed by atoms with Gasteiger partial charge in [-0.05, 0) is 48.5 Å². The van der Waals surface area contributed by atoms with Gasteiger partial charge in [-0.15, -0.1) is 0 Å². The number of nitrogen functional groups attached to an aromatic ring is 1. The number of hydrogen-bond acceptors (Lipinski definition) is 3. The summed E-state index contributed by atoms with van der Waals surface area (Å²) in [5.41, 5.74) is 12.8. The van der Waals surface area contributed by atoms with Crippen molar-refractivity contribution in [3.63, 3.8) is 0 Å². The molecule has 0 heterocycles. The van der Waals surface area contributed by atoms with Crippen molar-refractivity contribution in [2.75, 3.05) is 11.1 Å². The second kappa shape index (κ2) is 5.22. The average Bonchev–Trinajstić information content (AvgIpc) is 2.41. The van der Waals surface area contributed by atoms with E-state index >= 15 is 0 Å². The first-order valence-electron chi connectivity index (χ1n) is 5.63. The van der Waals surface area contributed by atoms with Crippen LogP contribution in [0.15, 0.2) is 48.5 Å². The largest absolute Gasteiger partial charge is 0.399 e. The molecule has 0 saturated carbocycles. The summed E-state index contributed by atoms with van der Waals surface area (Å²) in [4.78, 5) is 22.8. The third-order valence-electron chi connectivity index (χ3n) is 2.60. The molecule has 19 heavy (non-hydrogen) atoms. The van der Waals surface area contributed by atoms with Crippen molar-refractivity contribution in [2.24, 2.45) is 5.73 Å². The zero-order valence-corrected chi connectivity index (χ0v) is 10.1. The second-order valence-electron chi connectivity index (χ2n) is 4.02. The number of hydrogen-bond donors (Lipinski definition) is 3. The van der Waals surface area contributed by atoms with Crippen LogP contribution in [-0.4, -0.2) is 11.8 Å². The van der Waals surface area contributed by atoms with Crippen molar-refractivity contribution in [2.45, 2.75) is 0 Å². The van der Waals surface area contributed by atoms with Crippen LogP contribution in [0.1, 0.15) is 20.7 Å². The molecule has 2 amide bonds. The van der Waals surface area contributed by atoms with Gasteiger partial charge in [-0.3, -0.25) is 9.59 Å². The molecule has 0 fully saturated rings. The number of nitrogens with two attached hydrogens (primary N) is 2. The van der Waals surface area contributed by atoms with Crippen molar-refractivity contribution in [3.8, 4) is 0 Å². The molecule has 0 saturated heterocycles. The third kappa shape index (κ3) is 3.10. The van der Waals surface area contributed by atoms with Gasteiger partial charge < -0.3 is 16.8 Å². The molecule has 5 nitrogen and oxygen atoms in total. The predicted octanol–water partition coefficient (Wildman–Crippen LogP) is 1.62. The van der Waals surface area contributed by atoms with Gasteiger partial charge in [-0.1, -0.05) is 0 Å². The molecule has 2 aromatic carbocycles. The van der Waals surface area contributed by atoms with Gasteiger partial charge in [-0.25, -0.2) is 0 Å². The van der Waals surface area contributed by atoms with Gasteiger partial charge in [0.25, 0.3) is 5.91 Å². The van der Waals surface area contributed by atoms with E-state index in [1.54, 1.807) is 36.4 Å². The Hall–Kier alpha value is -2.82. The predicted molar refractivity (Wildman–Crippen MR) is 73.8 cm³/mol. The molecule has 0 spiro atoms. The first-order chi connectivity index (χ1) is 9.06. The van der Waals surface area contributed by atoms with Gasteiger partial charge in [0.05, 0.1) is 0 Å². The van der Waals surface area contributed by atoms with Crippen LogP contribution in [0, 0.1) is 0 Å². The minimum atomic E-state index is -0.523. The van der Waals surface area contributed by atoms with Gasteiger partial charge in [0.15, 0.2) is 0 Å². The molecular formula is C14H13N3O2. The third-order valence-corrected chi connectivity index (χ3v) is 2.60. The highest BCUT2D eigenvalue weighted by atomic mass is 16.2. The van der Waals surface area contributed by atoms with Crippen LogP contribution in [0.2, 0.25) is 0 Å². The van der Waals surface area contributed by atoms with Crippen LogP contribution in [-0.2, 0) is 0 Å². The Bertz CT molecular complexity index is 604. The zero-order chi connectivity index (χ0) is 13.8. The Labute approximate surface area is 110 Å². The topological polar surface area (TPSA) is 98.2 Å². The minimum Gasteiger partial charge on any atom is -0.399 e. The van der Waals surface area contributed by atoms with Gasteiger partial charge in [0.2, 0.25) is 5.91 Å². The average molecular weight is 255 g/mol. The fraction of sp³-hybridized carbons (Fsp3) is 0. The molecule has 0 atom stereocenters. The van der Waals surface area contributed by atoms with E-state index in [0.29, 0.717) is 22.5 Å². The second-order valence-corrected chi connectivity index (χ2v) is 4.02. The van der Waals surface area contributed by atoms with E-state index in [4.69, 9.17) is 11.5 Å². The Morgan fingerprint density at radius 1 is 0.842 bits per heavy atom. The lowest BCUT2D eigenvalue weighted by molar-refractivity contribution is 0.0995. The number of primary amides is 1. The summed E-state index contributed by atoms with van der Waals surface area (Å²) in [7, 11) is 0. The van der Waals surface area contributed by atoms with E-state index in [1.807, 2.05) is 0 Å². The minimum absolute atomic E-state index is 0.263. The maximum absolute atomic E-state index is 11.9. The fourth-order valence-electron chi connectivity index (χ4n) is 1.56. The maximum Gasteiger partial charge on any atom is 0.255 e. The summed E-state index contributed by atoms with van der Waals surface area (Å²) < 4.78 is 0.